The molecule has 0 amide bonds. The van der Waals surface area contributed by atoms with Crippen molar-refractivity contribution in [2.45, 2.75) is 19.4 Å². The number of rotatable bonds is 3. The zero-order valence-electron chi connectivity index (χ0n) is 7.65. The summed E-state index contributed by atoms with van der Waals surface area (Å²) in [7, 11) is 0. The monoisotopic (exact) mass is 204 g/mol. The van der Waals surface area contributed by atoms with Crippen LogP contribution in [0.15, 0.2) is 12.1 Å². The number of benzene rings is 1. The molecule has 0 radical (unpaired) electrons. The Morgan fingerprint density at radius 2 is 2.00 bits per heavy atom. The van der Waals surface area contributed by atoms with Crippen LogP contribution in [0.1, 0.15) is 24.9 Å². The lowest BCUT2D eigenvalue weighted by Crippen LogP contribution is -2.28. The molecule has 0 fully saturated rings. The first kappa shape index (κ1) is 11.0. The molecule has 0 saturated carbocycles. The van der Waals surface area contributed by atoms with E-state index in [1.807, 2.05) is 0 Å². The summed E-state index contributed by atoms with van der Waals surface area (Å²) in [6.07, 6.45) is 0.441. The van der Waals surface area contributed by atoms with Crippen molar-refractivity contribution in [2.24, 2.45) is 5.84 Å². The van der Waals surface area contributed by atoms with Crippen LogP contribution in [-0.4, -0.2) is 0 Å². The fraction of sp³-hybridized carbons (Fsp3) is 0.333. The molecule has 0 aliphatic heterocycles. The molecule has 0 saturated heterocycles. The minimum atomic E-state index is -1.20. The predicted octanol–water partition coefficient (Wildman–Crippen LogP) is 2.02. The van der Waals surface area contributed by atoms with Crippen molar-refractivity contribution >= 4 is 0 Å². The highest BCUT2D eigenvalue weighted by molar-refractivity contribution is 5.23. The molecule has 3 N–H and O–H groups in total. The zero-order valence-corrected chi connectivity index (χ0v) is 7.65. The van der Waals surface area contributed by atoms with Crippen molar-refractivity contribution in [3.63, 3.8) is 0 Å². The van der Waals surface area contributed by atoms with Crippen LogP contribution in [0.3, 0.4) is 0 Å². The van der Waals surface area contributed by atoms with Gasteiger partial charge in [0.2, 0.25) is 0 Å². The SMILES string of the molecule is CCC(NN)c1cc(F)cc(F)c1F. The maximum absolute atomic E-state index is 13.2. The van der Waals surface area contributed by atoms with E-state index in [1.54, 1.807) is 6.92 Å². The summed E-state index contributed by atoms with van der Waals surface area (Å²) in [4.78, 5) is 0. The minimum Gasteiger partial charge on any atom is -0.271 e. The number of hydrogen-bond acceptors (Lipinski definition) is 2. The maximum atomic E-state index is 13.2. The Balaban J connectivity index is 3.18. The van der Waals surface area contributed by atoms with Gasteiger partial charge in [0.15, 0.2) is 11.6 Å². The molecule has 0 aromatic heterocycles. The summed E-state index contributed by atoms with van der Waals surface area (Å²) in [6, 6.07) is 0.856. The molecule has 2 nitrogen and oxygen atoms in total. The van der Waals surface area contributed by atoms with Gasteiger partial charge in [-0.2, -0.15) is 0 Å². The van der Waals surface area contributed by atoms with Crippen LogP contribution in [0.4, 0.5) is 13.2 Å². The molecule has 1 aromatic rings. The molecular formula is C9H11F3N2. The largest absolute Gasteiger partial charge is 0.271 e. The molecule has 1 unspecified atom stereocenters. The van der Waals surface area contributed by atoms with E-state index in [0.717, 1.165) is 6.07 Å². The van der Waals surface area contributed by atoms with E-state index < -0.39 is 23.5 Å². The third-order valence-corrected chi connectivity index (χ3v) is 2.01. The molecule has 0 heterocycles. The van der Waals surface area contributed by atoms with E-state index >= 15 is 0 Å². The van der Waals surface area contributed by atoms with Crippen LogP contribution in [0.5, 0.6) is 0 Å². The van der Waals surface area contributed by atoms with Crippen LogP contribution >= 0.6 is 0 Å². The summed E-state index contributed by atoms with van der Waals surface area (Å²) < 4.78 is 38.7. The summed E-state index contributed by atoms with van der Waals surface area (Å²) >= 11 is 0. The third kappa shape index (κ3) is 2.05. The van der Waals surface area contributed by atoms with Crippen LogP contribution in [0.25, 0.3) is 0 Å². The van der Waals surface area contributed by atoms with Gasteiger partial charge in [0.25, 0.3) is 0 Å². The Bertz CT molecular complexity index is 324. The number of hydrazine groups is 1. The van der Waals surface area contributed by atoms with Gasteiger partial charge in [-0.15, -0.1) is 0 Å². The molecule has 78 valence electrons. The number of hydrogen-bond donors (Lipinski definition) is 2. The Kier molecular flexibility index (Phi) is 3.49. The Morgan fingerprint density at radius 3 is 2.50 bits per heavy atom. The van der Waals surface area contributed by atoms with Gasteiger partial charge in [0.05, 0.1) is 0 Å². The molecular weight excluding hydrogens is 193 g/mol. The second-order valence-corrected chi connectivity index (χ2v) is 2.92. The van der Waals surface area contributed by atoms with Gasteiger partial charge < -0.3 is 0 Å². The first-order valence-corrected chi connectivity index (χ1v) is 4.20. The Morgan fingerprint density at radius 1 is 1.36 bits per heavy atom. The quantitative estimate of drug-likeness (QED) is 0.449. The van der Waals surface area contributed by atoms with E-state index in [-0.39, 0.29) is 5.56 Å². The molecule has 0 bridgehead atoms. The predicted molar refractivity (Wildman–Crippen MR) is 46.7 cm³/mol. The van der Waals surface area contributed by atoms with E-state index in [9.17, 15) is 13.2 Å². The fourth-order valence-electron chi connectivity index (χ4n) is 1.26. The molecule has 0 aliphatic rings. The lowest BCUT2D eigenvalue weighted by Gasteiger charge is -2.14. The van der Waals surface area contributed by atoms with Crippen LogP contribution in [0, 0.1) is 17.5 Å². The summed E-state index contributed by atoms with van der Waals surface area (Å²) in [6.45, 7) is 1.73. The fourth-order valence-corrected chi connectivity index (χ4v) is 1.26. The standard InChI is InChI=1S/C9H11F3N2/c1-2-8(14-13)6-3-5(10)4-7(11)9(6)12/h3-4,8,14H,2,13H2,1H3. The van der Waals surface area contributed by atoms with Gasteiger partial charge >= 0.3 is 0 Å². The normalized spacial score (nSPS) is 12.9. The van der Waals surface area contributed by atoms with Crippen molar-refractivity contribution in [1.82, 2.24) is 5.43 Å². The molecule has 0 aliphatic carbocycles. The van der Waals surface area contributed by atoms with E-state index in [2.05, 4.69) is 5.43 Å². The van der Waals surface area contributed by atoms with Gasteiger partial charge in [0.1, 0.15) is 5.82 Å². The lowest BCUT2D eigenvalue weighted by molar-refractivity contribution is 0.449. The average molecular weight is 204 g/mol. The molecule has 14 heavy (non-hydrogen) atoms. The van der Waals surface area contributed by atoms with Gasteiger partial charge in [-0.3, -0.25) is 11.3 Å². The molecule has 0 spiro atoms. The zero-order chi connectivity index (χ0) is 10.7. The van der Waals surface area contributed by atoms with Crippen molar-refractivity contribution in [2.75, 3.05) is 0 Å². The highest BCUT2D eigenvalue weighted by atomic mass is 19.2. The van der Waals surface area contributed by atoms with Crippen LogP contribution in [-0.2, 0) is 0 Å². The second-order valence-electron chi connectivity index (χ2n) is 2.92. The van der Waals surface area contributed by atoms with E-state index in [0.29, 0.717) is 12.5 Å². The molecule has 1 rings (SSSR count). The first-order valence-electron chi connectivity index (χ1n) is 4.20. The third-order valence-electron chi connectivity index (χ3n) is 2.01. The highest BCUT2D eigenvalue weighted by Crippen LogP contribution is 2.22. The smallest absolute Gasteiger partial charge is 0.163 e. The number of halogens is 3. The van der Waals surface area contributed by atoms with Crippen molar-refractivity contribution in [3.8, 4) is 0 Å². The summed E-state index contributed by atoms with van der Waals surface area (Å²) in [5.41, 5.74) is 2.20. The Hall–Kier alpha value is -1.07. The summed E-state index contributed by atoms with van der Waals surface area (Å²) in [5, 5.41) is 0. The Labute approximate surface area is 79.9 Å². The molecule has 5 heteroatoms. The molecule has 1 atom stereocenters. The topological polar surface area (TPSA) is 38.0 Å². The second kappa shape index (κ2) is 4.43. The minimum absolute atomic E-state index is 0.0903. The lowest BCUT2D eigenvalue weighted by atomic mass is 10.0. The molecule has 1 aromatic carbocycles. The maximum Gasteiger partial charge on any atom is 0.163 e. The van der Waals surface area contributed by atoms with Gasteiger partial charge in [-0.1, -0.05) is 6.92 Å². The van der Waals surface area contributed by atoms with Gasteiger partial charge in [-0.05, 0) is 12.5 Å². The highest BCUT2D eigenvalue weighted by Gasteiger charge is 2.17. The summed E-state index contributed by atoms with van der Waals surface area (Å²) in [5.74, 6) is 2.05. The van der Waals surface area contributed by atoms with Gasteiger partial charge in [0, 0.05) is 17.7 Å². The number of nitrogens with one attached hydrogen (secondary N) is 1. The van der Waals surface area contributed by atoms with E-state index in [4.69, 9.17) is 5.84 Å². The van der Waals surface area contributed by atoms with Crippen molar-refractivity contribution in [3.05, 3.63) is 35.1 Å². The first-order chi connectivity index (χ1) is 6.60. The van der Waals surface area contributed by atoms with Crippen molar-refractivity contribution < 1.29 is 13.2 Å². The average Bonchev–Trinajstić information content (AvgIpc) is 2.15. The van der Waals surface area contributed by atoms with Crippen LogP contribution < -0.4 is 11.3 Å². The van der Waals surface area contributed by atoms with Crippen molar-refractivity contribution in [1.29, 1.82) is 0 Å². The van der Waals surface area contributed by atoms with Gasteiger partial charge in [-0.25, -0.2) is 13.2 Å². The van der Waals surface area contributed by atoms with E-state index in [1.165, 1.54) is 0 Å². The number of nitrogens with two attached hydrogens (primary N) is 1. The van der Waals surface area contributed by atoms with Crippen LogP contribution in [0.2, 0.25) is 0 Å².